The molecule has 0 saturated carbocycles. The normalized spacial score (nSPS) is 17.3. The number of hydrogen-bond acceptors (Lipinski definition) is 4. The van der Waals surface area contributed by atoms with Crippen LogP contribution >= 0.6 is 0 Å². The van der Waals surface area contributed by atoms with Crippen molar-refractivity contribution in [2.24, 2.45) is 0 Å². The molecule has 1 saturated heterocycles. The van der Waals surface area contributed by atoms with Gasteiger partial charge in [-0.05, 0) is 24.6 Å². The van der Waals surface area contributed by atoms with Crippen LogP contribution in [0.2, 0.25) is 0 Å². The lowest BCUT2D eigenvalue weighted by molar-refractivity contribution is 0.229. The molecule has 1 aliphatic rings. The van der Waals surface area contributed by atoms with Crippen molar-refractivity contribution >= 4 is 10.0 Å². The Kier molecular flexibility index (Phi) is 5.32. The van der Waals surface area contributed by atoms with Crippen molar-refractivity contribution in [3.8, 4) is 0 Å². The second kappa shape index (κ2) is 6.83. The number of halogens is 1. The van der Waals surface area contributed by atoms with Gasteiger partial charge in [-0.3, -0.25) is 4.90 Å². The molecule has 1 aliphatic heterocycles. The summed E-state index contributed by atoms with van der Waals surface area (Å²) in [6, 6.07) is 4.04. The lowest BCUT2D eigenvalue weighted by atomic mass is 10.2. The Labute approximate surface area is 125 Å². The predicted octanol–water partition coefficient (Wildman–Crippen LogP) is 0.660. The van der Waals surface area contributed by atoms with Crippen molar-refractivity contribution in [2.75, 3.05) is 46.3 Å². The van der Waals surface area contributed by atoms with Gasteiger partial charge in [0, 0.05) is 46.3 Å². The van der Waals surface area contributed by atoms with Crippen LogP contribution in [0.25, 0.3) is 0 Å². The molecule has 2 rings (SSSR count). The van der Waals surface area contributed by atoms with Gasteiger partial charge in [-0.2, -0.15) is 4.31 Å². The molecule has 0 amide bonds. The van der Waals surface area contributed by atoms with Gasteiger partial charge >= 0.3 is 0 Å². The Morgan fingerprint density at radius 3 is 2.62 bits per heavy atom. The Bertz CT molecular complexity index is 586. The molecule has 1 fully saturated rings. The smallest absolute Gasteiger partial charge is 0.242 e. The average molecular weight is 315 g/mol. The number of benzene rings is 1. The Hall–Kier alpha value is -1.02. The highest BCUT2D eigenvalue weighted by Gasteiger charge is 2.22. The van der Waals surface area contributed by atoms with E-state index in [4.69, 9.17) is 0 Å². The van der Waals surface area contributed by atoms with Gasteiger partial charge in [0.05, 0.1) is 4.90 Å². The summed E-state index contributed by atoms with van der Waals surface area (Å²) in [5, 5.41) is 3.25. The summed E-state index contributed by atoms with van der Waals surface area (Å²) >= 11 is 0. The molecule has 0 radical (unpaired) electrons. The summed E-state index contributed by atoms with van der Waals surface area (Å²) < 4.78 is 39.6. The first-order chi connectivity index (χ1) is 9.91. The van der Waals surface area contributed by atoms with Crippen molar-refractivity contribution in [3.05, 3.63) is 29.6 Å². The topological polar surface area (TPSA) is 52.7 Å². The van der Waals surface area contributed by atoms with E-state index in [2.05, 4.69) is 10.2 Å². The van der Waals surface area contributed by atoms with E-state index in [9.17, 15) is 12.8 Å². The maximum absolute atomic E-state index is 13.6. The molecule has 7 heteroatoms. The van der Waals surface area contributed by atoms with E-state index in [1.54, 1.807) is 6.92 Å². The average Bonchev–Trinajstić information content (AvgIpc) is 2.48. The third kappa shape index (κ3) is 4.00. The highest BCUT2D eigenvalue weighted by molar-refractivity contribution is 7.89. The van der Waals surface area contributed by atoms with Crippen LogP contribution in [0.5, 0.6) is 0 Å². The molecule has 0 bridgehead atoms. The maximum Gasteiger partial charge on any atom is 0.242 e. The van der Waals surface area contributed by atoms with Crippen molar-refractivity contribution in [3.63, 3.8) is 0 Å². The van der Waals surface area contributed by atoms with Gasteiger partial charge in [0.2, 0.25) is 10.0 Å². The number of aryl methyl sites for hydroxylation is 1. The Morgan fingerprint density at radius 2 is 2.00 bits per heavy atom. The molecule has 0 spiro atoms. The van der Waals surface area contributed by atoms with E-state index in [1.165, 1.54) is 23.5 Å². The quantitative estimate of drug-likeness (QED) is 0.867. The van der Waals surface area contributed by atoms with E-state index in [0.29, 0.717) is 18.7 Å². The van der Waals surface area contributed by atoms with Gasteiger partial charge in [0.1, 0.15) is 5.82 Å². The molecule has 21 heavy (non-hydrogen) atoms. The Morgan fingerprint density at radius 1 is 1.33 bits per heavy atom. The molecule has 0 atom stereocenters. The number of piperazine rings is 1. The van der Waals surface area contributed by atoms with Crippen LogP contribution in [0.15, 0.2) is 23.1 Å². The lowest BCUT2D eigenvalue weighted by Gasteiger charge is -2.28. The summed E-state index contributed by atoms with van der Waals surface area (Å²) in [6.07, 6.45) is 0. The van der Waals surface area contributed by atoms with Crippen LogP contribution in [-0.4, -0.2) is 63.9 Å². The van der Waals surface area contributed by atoms with Crippen LogP contribution in [0.1, 0.15) is 5.56 Å². The van der Waals surface area contributed by atoms with Gasteiger partial charge in [-0.25, -0.2) is 12.8 Å². The third-order valence-electron chi connectivity index (χ3n) is 3.79. The molecule has 0 unspecified atom stereocenters. The van der Waals surface area contributed by atoms with E-state index < -0.39 is 15.8 Å². The van der Waals surface area contributed by atoms with E-state index in [0.717, 1.165) is 32.2 Å². The first kappa shape index (κ1) is 16.4. The van der Waals surface area contributed by atoms with Crippen molar-refractivity contribution in [1.29, 1.82) is 0 Å². The lowest BCUT2D eigenvalue weighted by Crippen LogP contribution is -2.46. The summed E-state index contributed by atoms with van der Waals surface area (Å²) in [5.41, 5.74) is 0.442. The van der Waals surface area contributed by atoms with Gasteiger partial charge in [0.15, 0.2) is 0 Å². The second-order valence-corrected chi connectivity index (χ2v) is 7.37. The van der Waals surface area contributed by atoms with Gasteiger partial charge in [0.25, 0.3) is 0 Å². The molecule has 1 aromatic carbocycles. The van der Waals surface area contributed by atoms with Crippen LogP contribution in [0.3, 0.4) is 0 Å². The number of nitrogens with one attached hydrogen (secondary N) is 1. The molecular formula is C14H22FN3O2S. The highest BCUT2D eigenvalue weighted by Crippen LogP contribution is 2.17. The van der Waals surface area contributed by atoms with Gasteiger partial charge in [-0.15, -0.1) is 0 Å². The van der Waals surface area contributed by atoms with E-state index in [1.807, 2.05) is 0 Å². The zero-order valence-corrected chi connectivity index (χ0v) is 13.3. The zero-order chi connectivity index (χ0) is 15.5. The fourth-order valence-electron chi connectivity index (χ4n) is 2.25. The van der Waals surface area contributed by atoms with Crippen molar-refractivity contribution in [1.82, 2.24) is 14.5 Å². The molecular weight excluding hydrogens is 293 g/mol. The number of likely N-dealkylation sites (N-methyl/N-ethyl adjacent to an activating group) is 1. The second-order valence-electron chi connectivity index (χ2n) is 5.33. The summed E-state index contributed by atoms with van der Waals surface area (Å²) in [7, 11) is -2.09. The summed E-state index contributed by atoms with van der Waals surface area (Å²) in [4.78, 5) is 2.23. The molecule has 1 N–H and O–H groups in total. The van der Waals surface area contributed by atoms with Gasteiger partial charge < -0.3 is 5.32 Å². The molecule has 0 aromatic heterocycles. The minimum Gasteiger partial charge on any atom is -0.314 e. The summed E-state index contributed by atoms with van der Waals surface area (Å²) in [6.45, 7) is 6.41. The fourth-order valence-corrected chi connectivity index (χ4v) is 3.43. The molecule has 1 heterocycles. The van der Waals surface area contributed by atoms with E-state index in [-0.39, 0.29) is 4.90 Å². The molecule has 1 aromatic rings. The zero-order valence-electron chi connectivity index (χ0n) is 12.5. The van der Waals surface area contributed by atoms with Crippen molar-refractivity contribution < 1.29 is 12.8 Å². The minimum atomic E-state index is -3.63. The highest BCUT2D eigenvalue weighted by atomic mass is 32.2. The number of sulfonamides is 1. The fraction of sp³-hybridized carbons (Fsp3) is 0.571. The first-order valence-electron chi connectivity index (χ1n) is 7.07. The molecule has 0 aliphatic carbocycles. The number of hydrogen-bond donors (Lipinski definition) is 1. The standard InChI is InChI=1S/C14H22FN3O2S/c1-12-3-4-13(11-14(12)15)21(19,20)17(2)9-10-18-7-5-16-6-8-18/h3-4,11,16H,5-10H2,1-2H3. The number of nitrogens with zero attached hydrogens (tertiary/aromatic N) is 2. The van der Waals surface area contributed by atoms with Crippen molar-refractivity contribution in [2.45, 2.75) is 11.8 Å². The third-order valence-corrected chi connectivity index (χ3v) is 5.65. The first-order valence-corrected chi connectivity index (χ1v) is 8.51. The SMILES string of the molecule is Cc1ccc(S(=O)(=O)N(C)CCN2CCNCC2)cc1F. The molecule has 118 valence electrons. The maximum atomic E-state index is 13.6. The van der Waals surface area contributed by atoms with Gasteiger partial charge in [-0.1, -0.05) is 6.07 Å². The van der Waals surface area contributed by atoms with Crippen LogP contribution < -0.4 is 5.32 Å². The predicted molar refractivity (Wildman–Crippen MR) is 80.3 cm³/mol. The Balaban J connectivity index is 2.02. The van der Waals surface area contributed by atoms with Crippen LogP contribution in [-0.2, 0) is 10.0 Å². The summed E-state index contributed by atoms with van der Waals surface area (Å²) in [5.74, 6) is -0.494. The molecule has 5 nitrogen and oxygen atoms in total. The monoisotopic (exact) mass is 315 g/mol. The largest absolute Gasteiger partial charge is 0.314 e. The number of rotatable bonds is 5. The van der Waals surface area contributed by atoms with Crippen LogP contribution in [0, 0.1) is 12.7 Å². The van der Waals surface area contributed by atoms with Crippen LogP contribution in [0.4, 0.5) is 4.39 Å². The minimum absolute atomic E-state index is 0.00779. The van der Waals surface area contributed by atoms with E-state index >= 15 is 0 Å².